The van der Waals surface area contributed by atoms with Crippen molar-refractivity contribution in [2.24, 2.45) is 0 Å². The monoisotopic (exact) mass is 335 g/mol. The van der Waals surface area contributed by atoms with E-state index in [1.54, 1.807) is 0 Å². The standard InChI is InChI=1S/C14H30O3P.Ni/c1-3-5-7-9-11-13-16-18(15)17-14-12-10-8-6-4-2;/h3-14H2,1-2H3;/q+1;. The van der Waals surface area contributed by atoms with Gasteiger partial charge in [0.1, 0.15) is 13.2 Å². The topological polar surface area (TPSA) is 35.5 Å². The summed E-state index contributed by atoms with van der Waals surface area (Å²) in [5.74, 6) is 0. The van der Waals surface area contributed by atoms with Crippen LogP contribution in [0.3, 0.4) is 0 Å². The van der Waals surface area contributed by atoms with Gasteiger partial charge in [0.2, 0.25) is 0 Å². The van der Waals surface area contributed by atoms with Gasteiger partial charge in [-0.3, -0.25) is 0 Å². The number of rotatable bonds is 14. The van der Waals surface area contributed by atoms with Crippen LogP contribution in [0.5, 0.6) is 0 Å². The molecule has 0 rings (SSSR count). The van der Waals surface area contributed by atoms with E-state index in [9.17, 15) is 4.57 Å². The molecule has 0 aromatic rings. The van der Waals surface area contributed by atoms with E-state index in [0.717, 1.165) is 25.7 Å². The Hall–Kier alpha value is 0.514. The van der Waals surface area contributed by atoms with Crippen LogP contribution in [-0.4, -0.2) is 13.2 Å². The van der Waals surface area contributed by atoms with Crippen molar-refractivity contribution in [1.82, 2.24) is 0 Å². The average Bonchev–Trinajstić information content (AvgIpc) is 2.38. The molecule has 0 saturated heterocycles. The smallest absolute Gasteiger partial charge is 0.119 e. The van der Waals surface area contributed by atoms with E-state index >= 15 is 0 Å². The summed E-state index contributed by atoms with van der Waals surface area (Å²) in [4.78, 5) is 0. The first-order chi connectivity index (χ1) is 8.81. The summed E-state index contributed by atoms with van der Waals surface area (Å²) >= 11 is 0. The van der Waals surface area contributed by atoms with Crippen LogP contribution >= 0.6 is 8.25 Å². The van der Waals surface area contributed by atoms with Crippen molar-refractivity contribution >= 4 is 8.25 Å². The van der Waals surface area contributed by atoms with Crippen LogP contribution in [0.2, 0.25) is 0 Å². The van der Waals surface area contributed by atoms with Crippen LogP contribution in [-0.2, 0) is 30.1 Å². The molecule has 0 radical (unpaired) electrons. The number of unbranched alkanes of at least 4 members (excludes halogenated alkanes) is 8. The minimum atomic E-state index is -1.88. The second-order valence-electron chi connectivity index (χ2n) is 4.72. The molecule has 3 nitrogen and oxygen atoms in total. The second-order valence-corrected chi connectivity index (χ2v) is 5.68. The Balaban J connectivity index is 0. The third kappa shape index (κ3) is 18.5. The molecule has 0 unspecified atom stereocenters. The maximum absolute atomic E-state index is 11.3. The van der Waals surface area contributed by atoms with E-state index in [0.29, 0.717) is 13.2 Å². The zero-order valence-electron chi connectivity index (χ0n) is 12.5. The van der Waals surface area contributed by atoms with Crippen LogP contribution in [0.25, 0.3) is 0 Å². The van der Waals surface area contributed by atoms with Gasteiger partial charge in [0, 0.05) is 21.1 Å². The fraction of sp³-hybridized carbons (Fsp3) is 1.00. The van der Waals surface area contributed by atoms with Crippen molar-refractivity contribution in [3.05, 3.63) is 0 Å². The molecule has 5 heteroatoms. The predicted octanol–water partition coefficient (Wildman–Crippen LogP) is 5.62. The SMILES string of the molecule is CCCCCCCO[P+](=O)OCCCCCCC.[Ni]. The van der Waals surface area contributed by atoms with Gasteiger partial charge in [-0.1, -0.05) is 65.2 Å². The maximum atomic E-state index is 11.3. The first-order valence-electron chi connectivity index (χ1n) is 7.54. The zero-order valence-corrected chi connectivity index (χ0v) is 14.4. The van der Waals surface area contributed by atoms with Crippen molar-refractivity contribution in [2.45, 2.75) is 78.1 Å². The van der Waals surface area contributed by atoms with Crippen LogP contribution in [0.15, 0.2) is 0 Å². The Kier molecular flexibility index (Phi) is 21.2. The summed E-state index contributed by atoms with van der Waals surface area (Å²) in [5.41, 5.74) is 0. The molecule has 0 amide bonds. The average molecular weight is 336 g/mol. The summed E-state index contributed by atoms with van der Waals surface area (Å²) < 4.78 is 21.6. The van der Waals surface area contributed by atoms with Gasteiger partial charge in [0.15, 0.2) is 0 Å². The Bertz CT molecular complexity index is 174. The molecule has 0 spiro atoms. The molecule has 0 atom stereocenters. The number of hydrogen-bond donors (Lipinski definition) is 0. The van der Waals surface area contributed by atoms with Gasteiger partial charge in [-0.2, -0.15) is 0 Å². The summed E-state index contributed by atoms with van der Waals surface area (Å²) in [5, 5.41) is 0. The maximum Gasteiger partial charge on any atom is 0.697 e. The molecule has 0 bridgehead atoms. The van der Waals surface area contributed by atoms with E-state index < -0.39 is 8.25 Å². The van der Waals surface area contributed by atoms with Crippen molar-refractivity contribution < 1.29 is 30.1 Å². The van der Waals surface area contributed by atoms with E-state index in [2.05, 4.69) is 13.8 Å². The molecular formula is C14H30NiO3P+. The molecule has 0 aromatic heterocycles. The van der Waals surface area contributed by atoms with Crippen LogP contribution in [0.4, 0.5) is 0 Å². The normalized spacial score (nSPS) is 10.2. The molecule has 0 fully saturated rings. The van der Waals surface area contributed by atoms with Crippen LogP contribution < -0.4 is 0 Å². The van der Waals surface area contributed by atoms with Crippen molar-refractivity contribution in [3.63, 3.8) is 0 Å². The number of hydrogen-bond acceptors (Lipinski definition) is 3. The first-order valence-corrected chi connectivity index (χ1v) is 8.63. The quantitative estimate of drug-likeness (QED) is 0.235. The van der Waals surface area contributed by atoms with Crippen molar-refractivity contribution in [2.75, 3.05) is 13.2 Å². The van der Waals surface area contributed by atoms with Crippen molar-refractivity contribution in [3.8, 4) is 0 Å². The van der Waals surface area contributed by atoms with E-state index in [1.807, 2.05) is 0 Å². The third-order valence-corrected chi connectivity index (χ3v) is 3.68. The Morgan fingerprint density at radius 1 is 0.684 bits per heavy atom. The predicted molar refractivity (Wildman–Crippen MR) is 77.0 cm³/mol. The Labute approximate surface area is 130 Å². The third-order valence-electron chi connectivity index (χ3n) is 2.89. The minimum Gasteiger partial charge on any atom is -0.119 e. The van der Waals surface area contributed by atoms with Gasteiger partial charge in [0.05, 0.1) is 0 Å². The fourth-order valence-corrected chi connectivity index (χ4v) is 2.36. The molecular weight excluding hydrogens is 306 g/mol. The molecule has 0 aliphatic rings. The minimum absolute atomic E-state index is 0. The summed E-state index contributed by atoms with van der Waals surface area (Å²) in [6, 6.07) is 0. The van der Waals surface area contributed by atoms with Crippen LogP contribution in [0.1, 0.15) is 78.1 Å². The molecule has 0 aliphatic heterocycles. The summed E-state index contributed by atoms with van der Waals surface area (Å²) in [7, 11) is -1.88. The van der Waals surface area contributed by atoms with Gasteiger partial charge >= 0.3 is 8.25 Å². The van der Waals surface area contributed by atoms with Gasteiger partial charge in [-0.15, -0.1) is 9.05 Å². The summed E-state index contributed by atoms with van der Waals surface area (Å²) in [6.45, 7) is 5.52. The van der Waals surface area contributed by atoms with E-state index in [1.165, 1.54) is 38.5 Å². The first kappa shape index (κ1) is 21.8. The second kappa shape index (κ2) is 18.5. The molecule has 0 aromatic carbocycles. The van der Waals surface area contributed by atoms with Gasteiger partial charge in [0.25, 0.3) is 0 Å². The molecule has 0 aliphatic carbocycles. The summed E-state index contributed by atoms with van der Waals surface area (Å²) in [6.07, 6.45) is 11.8. The molecule has 0 N–H and O–H groups in total. The van der Waals surface area contributed by atoms with Gasteiger partial charge in [-0.05, 0) is 12.8 Å². The molecule has 0 saturated carbocycles. The zero-order chi connectivity index (χ0) is 13.5. The fourth-order valence-electron chi connectivity index (χ4n) is 1.73. The van der Waals surface area contributed by atoms with Gasteiger partial charge in [-0.25, -0.2) is 0 Å². The Morgan fingerprint density at radius 2 is 1.05 bits per heavy atom. The molecule has 19 heavy (non-hydrogen) atoms. The Morgan fingerprint density at radius 3 is 1.42 bits per heavy atom. The molecule has 118 valence electrons. The van der Waals surface area contributed by atoms with Crippen molar-refractivity contribution in [1.29, 1.82) is 0 Å². The van der Waals surface area contributed by atoms with Crippen LogP contribution in [0, 0.1) is 0 Å². The van der Waals surface area contributed by atoms with E-state index in [4.69, 9.17) is 9.05 Å². The van der Waals surface area contributed by atoms with Gasteiger partial charge < -0.3 is 0 Å². The van der Waals surface area contributed by atoms with E-state index in [-0.39, 0.29) is 16.5 Å². The largest absolute Gasteiger partial charge is 0.697 e. The molecule has 0 heterocycles.